The third kappa shape index (κ3) is 2.93. The summed E-state index contributed by atoms with van der Waals surface area (Å²) in [6.45, 7) is 0.795. The molecule has 0 amide bonds. The van der Waals surface area contributed by atoms with Crippen LogP contribution >= 0.6 is 0 Å². The highest BCUT2D eigenvalue weighted by molar-refractivity contribution is 7.91. The molecular formula is C13H17F2NO3S. The summed E-state index contributed by atoms with van der Waals surface area (Å²) >= 11 is 0. The van der Waals surface area contributed by atoms with Crippen molar-refractivity contribution < 1.29 is 22.3 Å². The van der Waals surface area contributed by atoms with Gasteiger partial charge in [0.1, 0.15) is 0 Å². The standard InChI is InChI=1S/C13H17F2NO3S/c14-13(15)20(18,19)12-6-4-10(5-7-12)16-8-2-1-3-11(16)9-17/h4-7,11,13,17H,1-3,8-9H2. The van der Waals surface area contributed by atoms with E-state index in [1.165, 1.54) is 24.3 Å². The predicted octanol–water partition coefficient (Wildman–Crippen LogP) is 2.03. The van der Waals surface area contributed by atoms with E-state index in [0.717, 1.165) is 31.5 Å². The Hall–Kier alpha value is -1.21. The van der Waals surface area contributed by atoms with E-state index >= 15 is 0 Å². The Morgan fingerprint density at radius 1 is 1.25 bits per heavy atom. The quantitative estimate of drug-likeness (QED) is 0.925. The van der Waals surface area contributed by atoms with Crippen molar-refractivity contribution in [2.24, 2.45) is 0 Å². The summed E-state index contributed by atoms with van der Waals surface area (Å²) in [5, 5.41) is 9.34. The Morgan fingerprint density at radius 2 is 1.90 bits per heavy atom. The first-order valence-electron chi connectivity index (χ1n) is 6.46. The molecule has 1 atom stereocenters. The fraction of sp³-hybridized carbons (Fsp3) is 0.538. The Balaban J connectivity index is 2.24. The number of alkyl halides is 2. The van der Waals surface area contributed by atoms with Gasteiger partial charge in [0.2, 0.25) is 9.84 Å². The monoisotopic (exact) mass is 305 g/mol. The molecule has 1 unspecified atom stereocenters. The van der Waals surface area contributed by atoms with Gasteiger partial charge in [-0.1, -0.05) is 0 Å². The van der Waals surface area contributed by atoms with Crippen molar-refractivity contribution in [3.8, 4) is 0 Å². The van der Waals surface area contributed by atoms with Gasteiger partial charge in [0, 0.05) is 12.2 Å². The molecule has 1 heterocycles. The van der Waals surface area contributed by atoms with Crippen LogP contribution < -0.4 is 4.90 Å². The number of rotatable bonds is 4. The molecule has 0 aliphatic carbocycles. The van der Waals surface area contributed by atoms with E-state index in [1.54, 1.807) is 0 Å². The highest BCUT2D eigenvalue weighted by Gasteiger charge is 2.27. The Labute approximate surface area is 116 Å². The molecule has 1 N–H and O–H groups in total. The first-order valence-corrected chi connectivity index (χ1v) is 8.01. The Kier molecular flexibility index (Phi) is 4.59. The van der Waals surface area contributed by atoms with Gasteiger partial charge in [-0.25, -0.2) is 8.42 Å². The van der Waals surface area contributed by atoms with E-state index in [-0.39, 0.29) is 17.5 Å². The number of benzene rings is 1. The maximum absolute atomic E-state index is 12.4. The molecule has 20 heavy (non-hydrogen) atoms. The molecule has 0 spiro atoms. The number of aliphatic hydroxyl groups is 1. The fourth-order valence-electron chi connectivity index (χ4n) is 2.46. The zero-order valence-electron chi connectivity index (χ0n) is 10.9. The number of hydrogen-bond acceptors (Lipinski definition) is 4. The lowest BCUT2D eigenvalue weighted by Gasteiger charge is -2.36. The summed E-state index contributed by atoms with van der Waals surface area (Å²) in [4.78, 5) is 1.61. The normalized spacial score (nSPS) is 20.4. The zero-order chi connectivity index (χ0) is 14.8. The highest BCUT2D eigenvalue weighted by atomic mass is 32.2. The fourth-order valence-corrected chi connectivity index (χ4v) is 3.18. The Morgan fingerprint density at radius 3 is 2.45 bits per heavy atom. The van der Waals surface area contributed by atoms with Crippen LogP contribution in [0.5, 0.6) is 0 Å². The van der Waals surface area contributed by atoms with Gasteiger partial charge in [0.05, 0.1) is 17.5 Å². The maximum Gasteiger partial charge on any atom is 0.341 e. The second kappa shape index (κ2) is 6.05. The first kappa shape index (κ1) is 15.2. The molecule has 2 rings (SSSR count). The van der Waals surface area contributed by atoms with Gasteiger partial charge in [-0.05, 0) is 43.5 Å². The van der Waals surface area contributed by atoms with Crippen LogP contribution in [0.3, 0.4) is 0 Å². The molecule has 4 nitrogen and oxygen atoms in total. The van der Waals surface area contributed by atoms with Crippen molar-refractivity contribution in [1.29, 1.82) is 0 Å². The van der Waals surface area contributed by atoms with Crippen LogP contribution in [-0.4, -0.2) is 38.5 Å². The van der Waals surface area contributed by atoms with Gasteiger partial charge in [-0.15, -0.1) is 0 Å². The largest absolute Gasteiger partial charge is 0.394 e. The Bertz CT molecular complexity index is 545. The van der Waals surface area contributed by atoms with E-state index < -0.39 is 15.6 Å². The van der Waals surface area contributed by atoms with Gasteiger partial charge in [0.25, 0.3) is 0 Å². The predicted molar refractivity (Wildman–Crippen MR) is 71.7 cm³/mol. The summed E-state index contributed by atoms with van der Waals surface area (Å²) in [5.41, 5.74) is 0.747. The SMILES string of the molecule is O=S(=O)(c1ccc(N2CCCCC2CO)cc1)C(F)F. The molecule has 0 bridgehead atoms. The molecule has 112 valence electrons. The van der Waals surface area contributed by atoms with Crippen LogP contribution in [0, 0.1) is 0 Å². The van der Waals surface area contributed by atoms with Gasteiger partial charge in [-0.3, -0.25) is 0 Å². The van der Waals surface area contributed by atoms with Crippen molar-refractivity contribution in [2.45, 2.75) is 36.0 Å². The number of nitrogens with zero attached hydrogens (tertiary/aromatic N) is 1. The number of aliphatic hydroxyl groups excluding tert-OH is 1. The maximum atomic E-state index is 12.4. The van der Waals surface area contributed by atoms with E-state index in [9.17, 15) is 22.3 Å². The average Bonchev–Trinajstić information content (AvgIpc) is 2.47. The summed E-state index contributed by atoms with van der Waals surface area (Å²) in [7, 11) is -4.54. The van der Waals surface area contributed by atoms with Crippen LogP contribution in [0.25, 0.3) is 0 Å². The molecule has 1 aromatic carbocycles. The van der Waals surface area contributed by atoms with Crippen LogP contribution in [0.1, 0.15) is 19.3 Å². The second-order valence-electron chi connectivity index (χ2n) is 4.83. The first-order chi connectivity index (χ1) is 9.46. The molecular weight excluding hydrogens is 288 g/mol. The number of halogens is 2. The molecule has 0 radical (unpaired) electrons. The molecule has 0 aromatic heterocycles. The summed E-state index contributed by atoms with van der Waals surface area (Å²) in [5.74, 6) is -3.41. The minimum absolute atomic E-state index is 0.00121. The smallest absolute Gasteiger partial charge is 0.341 e. The number of sulfone groups is 1. The highest BCUT2D eigenvalue weighted by Crippen LogP contribution is 2.27. The molecule has 0 saturated carbocycles. The van der Waals surface area contributed by atoms with E-state index in [1.807, 2.05) is 4.90 Å². The third-order valence-corrected chi connectivity index (χ3v) is 4.97. The molecule has 1 saturated heterocycles. The van der Waals surface area contributed by atoms with E-state index in [4.69, 9.17) is 0 Å². The zero-order valence-corrected chi connectivity index (χ0v) is 11.7. The molecule has 1 aliphatic heterocycles. The van der Waals surface area contributed by atoms with Gasteiger partial charge < -0.3 is 10.0 Å². The molecule has 1 aliphatic rings. The van der Waals surface area contributed by atoms with E-state index in [0.29, 0.717) is 0 Å². The third-order valence-electron chi connectivity index (χ3n) is 3.57. The van der Waals surface area contributed by atoms with Crippen LogP contribution in [0.4, 0.5) is 14.5 Å². The van der Waals surface area contributed by atoms with Crippen molar-refractivity contribution in [3.05, 3.63) is 24.3 Å². The van der Waals surface area contributed by atoms with Crippen molar-refractivity contribution in [1.82, 2.24) is 0 Å². The van der Waals surface area contributed by atoms with Gasteiger partial charge in [-0.2, -0.15) is 8.78 Å². The summed E-state index contributed by atoms with van der Waals surface area (Å²) < 4.78 is 47.6. The second-order valence-corrected chi connectivity index (χ2v) is 6.74. The lowest BCUT2D eigenvalue weighted by molar-refractivity contribution is 0.234. The van der Waals surface area contributed by atoms with Gasteiger partial charge in [0.15, 0.2) is 0 Å². The number of anilines is 1. The summed E-state index contributed by atoms with van der Waals surface area (Å²) in [6, 6.07) is 5.42. The molecule has 1 fully saturated rings. The number of piperidine rings is 1. The topological polar surface area (TPSA) is 57.6 Å². The van der Waals surface area contributed by atoms with Crippen LogP contribution in [-0.2, 0) is 9.84 Å². The number of hydrogen-bond donors (Lipinski definition) is 1. The lowest BCUT2D eigenvalue weighted by atomic mass is 10.0. The van der Waals surface area contributed by atoms with Crippen molar-refractivity contribution >= 4 is 15.5 Å². The summed E-state index contributed by atoms with van der Waals surface area (Å²) in [6.07, 6.45) is 2.90. The van der Waals surface area contributed by atoms with Crippen molar-refractivity contribution in [2.75, 3.05) is 18.1 Å². The lowest BCUT2D eigenvalue weighted by Crippen LogP contribution is -2.41. The minimum atomic E-state index is -4.54. The average molecular weight is 305 g/mol. The van der Waals surface area contributed by atoms with Crippen LogP contribution in [0.15, 0.2) is 29.2 Å². The molecule has 1 aromatic rings. The van der Waals surface area contributed by atoms with E-state index in [2.05, 4.69) is 0 Å². The minimum Gasteiger partial charge on any atom is -0.394 e. The van der Waals surface area contributed by atoms with Crippen molar-refractivity contribution in [3.63, 3.8) is 0 Å². The van der Waals surface area contributed by atoms with Gasteiger partial charge >= 0.3 is 5.76 Å². The molecule has 7 heteroatoms. The van der Waals surface area contributed by atoms with Crippen LogP contribution in [0.2, 0.25) is 0 Å².